The van der Waals surface area contributed by atoms with E-state index in [4.69, 9.17) is 4.74 Å². The SMILES string of the molecule is CC(C)OCCCNC(=O)c1cc(Nc2ccccc2)nc2ccccc12. The maximum atomic E-state index is 12.8. The van der Waals surface area contributed by atoms with Crippen LogP contribution in [0.15, 0.2) is 60.7 Å². The molecule has 0 radical (unpaired) electrons. The van der Waals surface area contributed by atoms with Gasteiger partial charge in [0.25, 0.3) is 5.91 Å². The topological polar surface area (TPSA) is 63.2 Å². The number of amides is 1. The average Bonchev–Trinajstić information content (AvgIpc) is 2.67. The van der Waals surface area contributed by atoms with Crippen LogP contribution in [0.4, 0.5) is 11.5 Å². The molecule has 0 unspecified atom stereocenters. The van der Waals surface area contributed by atoms with Gasteiger partial charge in [0.2, 0.25) is 0 Å². The normalized spacial score (nSPS) is 10.9. The molecule has 0 bridgehead atoms. The number of ether oxygens (including phenoxy) is 1. The van der Waals surface area contributed by atoms with Gasteiger partial charge in [-0.3, -0.25) is 4.79 Å². The van der Waals surface area contributed by atoms with E-state index in [2.05, 4.69) is 15.6 Å². The van der Waals surface area contributed by atoms with Gasteiger partial charge in [-0.15, -0.1) is 0 Å². The van der Waals surface area contributed by atoms with E-state index in [0.29, 0.717) is 24.5 Å². The maximum absolute atomic E-state index is 12.8. The summed E-state index contributed by atoms with van der Waals surface area (Å²) in [7, 11) is 0. The van der Waals surface area contributed by atoms with E-state index in [1.165, 1.54) is 0 Å². The number of carbonyl (C=O) groups is 1. The van der Waals surface area contributed by atoms with Crippen LogP contribution in [0, 0.1) is 0 Å². The Morgan fingerprint density at radius 3 is 2.59 bits per heavy atom. The minimum atomic E-state index is -0.103. The first-order chi connectivity index (χ1) is 13.1. The molecule has 1 aromatic heterocycles. The summed E-state index contributed by atoms with van der Waals surface area (Å²) in [4.78, 5) is 17.4. The molecule has 0 aliphatic heterocycles. The lowest BCUT2D eigenvalue weighted by molar-refractivity contribution is 0.0757. The number of para-hydroxylation sites is 2. The number of pyridine rings is 1. The van der Waals surface area contributed by atoms with Crippen molar-refractivity contribution in [3.8, 4) is 0 Å². The average molecular weight is 363 g/mol. The van der Waals surface area contributed by atoms with Crippen molar-refractivity contribution in [1.82, 2.24) is 10.3 Å². The summed E-state index contributed by atoms with van der Waals surface area (Å²) in [6.07, 6.45) is 0.985. The Morgan fingerprint density at radius 2 is 1.81 bits per heavy atom. The second-order valence-electron chi connectivity index (χ2n) is 6.59. The van der Waals surface area contributed by atoms with Crippen LogP contribution in [0.3, 0.4) is 0 Å². The fourth-order valence-corrected chi connectivity index (χ4v) is 2.79. The van der Waals surface area contributed by atoms with Crippen LogP contribution in [0.1, 0.15) is 30.6 Å². The molecule has 0 aliphatic rings. The molecule has 3 rings (SSSR count). The van der Waals surface area contributed by atoms with Gasteiger partial charge in [0.05, 0.1) is 17.2 Å². The molecule has 5 nitrogen and oxygen atoms in total. The van der Waals surface area contributed by atoms with E-state index in [0.717, 1.165) is 23.0 Å². The van der Waals surface area contributed by atoms with E-state index >= 15 is 0 Å². The van der Waals surface area contributed by atoms with Gasteiger partial charge in [0.15, 0.2) is 0 Å². The second-order valence-corrected chi connectivity index (χ2v) is 6.59. The maximum Gasteiger partial charge on any atom is 0.252 e. The number of aromatic nitrogens is 1. The highest BCUT2D eigenvalue weighted by molar-refractivity contribution is 6.07. The Labute approximate surface area is 159 Å². The zero-order valence-corrected chi connectivity index (χ0v) is 15.7. The molecule has 0 aliphatic carbocycles. The first kappa shape index (κ1) is 18.9. The predicted octanol–water partition coefficient (Wildman–Crippen LogP) is 4.52. The predicted molar refractivity (Wildman–Crippen MR) is 110 cm³/mol. The number of rotatable bonds is 8. The first-order valence-corrected chi connectivity index (χ1v) is 9.25. The molecule has 0 saturated carbocycles. The first-order valence-electron chi connectivity index (χ1n) is 9.25. The van der Waals surface area contributed by atoms with Gasteiger partial charge in [0, 0.05) is 24.2 Å². The third kappa shape index (κ3) is 5.28. The van der Waals surface area contributed by atoms with Gasteiger partial charge in [-0.1, -0.05) is 36.4 Å². The van der Waals surface area contributed by atoms with Crippen molar-refractivity contribution in [2.75, 3.05) is 18.5 Å². The van der Waals surface area contributed by atoms with Gasteiger partial charge in [-0.05, 0) is 44.5 Å². The number of fused-ring (bicyclic) bond motifs is 1. The van der Waals surface area contributed by atoms with Crippen LogP contribution in [0.5, 0.6) is 0 Å². The molecule has 3 aromatic rings. The number of nitrogens with one attached hydrogen (secondary N) is 2. The molecule has 0 atom stereocenters. The van der Waals surface area contributed by atoms with E-state index in [9.17, 15) is 4.79 Å². The van der Waals surface area contributed by atoms with Gasteiger partial charge < -0.3 is 15.4 Å². The fourth-order valence-electron chi connectivity index (χ4n) is 2.79. The van der Waals surface area contributed by atoms with Crippen LogP contribution in [-0.4, -0.2) is 30.1 Å². The summed E-state index contributed by atoms with van der Waals surface area (Å²) in [5.74, 6) is 0.544. The van der Waals surface area contributed by atoms with Crippen molar-refractivity contribution in [1.29, 1.82) is 0 Å². The van der Waals surface area contributed by atoms with Crippen molar-refractivity contribution in [2.45, 2.75) is 26.4 Å². The summed E-state index contributed by atoms with van der Waals surface area (Å²) in [6.45, 7) is 5.21. The van der Waals surface area contributed by atoms with Crippen LogP contribution >= 0.6 is 0 Å². The number of hydrogen-bond acceptors (Lipinski definition) is 4. The lowest BCUT2D eigenvalue weighted by atomic mass is 10.1. The molecule has 0 saturated heterocycles. The Kier molecular flexibility index (Phi) is 6.39. The smallest absolute Gasteiger partial charge is 0.252 e. The number of anilines is 2. The van der Waals surface area contributed by atoms with Crippen molar-refractivity contribution >= 4 is 28.3 Å². The minimum absolute atomic E-state index is 0.103. The molecular formula is C22H25N3O2. The van der Waals surface area contributed by atoms with Crippen LogP contribution in [0.25, 0.3) is 10.9 Å². The largest absolute Gasteiger partial charge is 0.379 e. The number of nitrogens with zero attached hydrogens (tertiary/aromatic N) is 1. The highest BCUT2D eigenvalue weighted by Crippen LogP contribution is 2.23. The van der Waals surface area contributed by atoms with E-state index < -0.39 is 0 Å². The zero-order chi connectivity index (χ0) is 19.1. The van der Waals surface area contributed by atoms with E-state index in [1.807, 2.05) is 68.4 Å². The Hall–Kier alpha value is -2.92. The molecule has 0 fully saturated rings. The van der Waals surface area contributed by atoms with Gasteiger partial charge in [-0.2, -0.15) is 0 Å². The molecule has 2 aromatic carbocycles. The second kappa shape index (κ2) is 9.14. The Morgan fingerprint density at radius 1 is 1.07 bits per heavy atom. The van der Waals surface area contributed by atoms with Crippen LogP contribution in [0.2, 0.25) is 0 Å². The quantitative estimate of drug-likeness (QED) is 0.578. The van der Waals surface area contributed by atoms with Crippen molar-refractivity contribution in [3.05, 3.63) is 66.2 Å². The number of carbonyl (C=O) groups excluding carboxylic acids is 1. The molecule has 1 amide bonds. The standard InChI is InChI=1S/C22H25N3O2/c1-16(2)27-14-8-13-23-22(26)19-15-21(24-17-9-4-3-5-10-17)25-20-12-7-6-11-18(19)20/h3-7,9-12,15-16H,8,13-14H2,1-2H3,(H,23,26)(H,24,25). The minimum Gasteiger partial charge on any atom is -0.379 e. The third-order valence-corrected chi connectivity index (χ3v) is 4.06. The molecular weight excluding hydrogens is 338 g/mol. The van der Waals surface area contributed by atoms with Crippen LogP contribution in [-0.2, 0) is 4.74 Å². The molecule has 2 N–H and O–H groups in total. The molecule has 1 heterocycles. The van der Waals surface area contributed by atoms with Crippen molar-refractivity contribution < 1.29 is 9.53 Å². The molecule has 5 heteroatoms. The van der Waals surface area contributed by atoms with Crippen molar-refractivity contribution in [2.24, 2.45) is 0 Å². The summed E-state index contributed by atoms with van der Waals surface area (Å²) < 4.78 is 5.51. The fraction of sp³-hybridized carbons (Fsp3) is 0.273. The monoisotopic (exact) mass is 363 g/mol. The van der Waals surface area contributed by atoms with Gasteiger partial charge in [-0.25, -0.2) is 4.98 Å². The van der Waals surface area contributed by atoms with Crippen molar-refractivity contribution in [3.63, 3.8) is 0 Å². The summed E-state index contributed by atoms with van der Waals surface area (Å²) >= 11 is 0. The molecule has 140 valence electrons. The van der Waals surface area contributed by atoms with E-state index in [-0.39, 0.29) is 12.0 Å². The lowest BCUT2D eigenvalue weighted by Crippen LogP contribution is -2.26. The molecule has 27 heavy (non-hydrogen) atoms. The highest BCUT2D eigenvalue weighted by atomic mass is 16.5. The molecule has 0 spiro atoms. The lowest BCUT2D eigenvalue weighted by Gasteiger charge is -2.12. The Balaban J connectivity index is 1.77. The van der Waals surface area contributed by atoms with Crippen LogP contribution < -0.4 is 10.6 Å². The van der Waals surface area contributed by atoms with E-state index in [1.54, 1.807) is 6.07 Å². The summed E-state index contributed by atoms with van der Waals surface area (Å²) in [5.41, 5.74) is 2.33. The van der Waals surface area contributed by atoms with Gasteiger partial charge >= 0.3 is 0 Å². The summed E-state index contributed by atoms with van der Waals surface area (Å²) in [5, 5.41) is 7.09. The highest BCUT2D eigenvalue weighted by Gasteiger charge is 2.13. The number of hydrogen-bond donors (Lipinski definition) is 2. The zero-order valence-electron chi connectivity index (χ0n) is 15.7. The Bertz CT molecular complexity index is 894. The number of benzene rings is 2. The third-order valence-electron chi connectivity index (χ3n) is 4.06. The van der Waals surface area contributed by atoms with Gasteiger partial charge in [0.1, 0.15) is 5.82 Å². The summed E-state index contributed by atoms with van der Waals surface area (Å²) in [6, 6.07) is 19.3.